The third kappa shape index (κ3) is 4.51. The van der Waals surface area contributed by atoms with Crippen LogP contribution in [-0.2, 0) is 16.4 Å². The molecule has 1 atom stereocenters. The van der Waals surface area contributed by atoms with Crippen LogP contribution < -0.4 is 10.6 Å². The van der Waals surface area contributed by atoms with E-state index in [0.29, 0.717) is 19.5 Å². The minimum Gasteiger partial charge on any atom is -0.338 e. The van der Waals surface area contributed by atoms with Crippen LogP contribution in [0.15, 0.2) is 24.4 Å². The standard InChI is InChI=1S/C12H17N3O3S/c16-12(15-8-11-3-1-2-5-13-11)14-7-10-4-6-19(17,18)9-10/h1-3,5,10H,4,6-9H2,(H2,14,15,16)/t10-/m1/s1. The summed E-state index contributed by atoms with van der Waals surface area (Å²) in [6.45, 7) is 0.753. The molecule has 2 rings (SSSR count). The molecule has 19 heavy (non-hydrogen) atoms. The van der Waals surface area contributed by atoms with Gasteiger partial charge in [0.15, 0.2) is 9.84 Å². The quantitative estimate of drug-likeness (QED) is 0.832. The molecule has 1 aromatic heterocycles. The van der Waals surface area contributed by atoms with Gasteiger partial charge in [-0.3, -0.25) is 4.98 Å². The molecule has 1 saturated heterocycles. The van der Waals surface area contributed by atoms with Crippen molar-refractivity contribution in [2.24, 2.45) is 5.92 Å². The molecule has 0 radical (unpaired) electrons. The number of hydrogen-bond donors (Lipinski definition) is 2. The second kappa shape index (κ2) is 6.01. The lowest BCUT2D eigenvalue weighted by Gasteiger charge is -2.10. The van der Waals surface area contributed by atoms with Crippen molar-refractivity contribution in [2.45, 2.75) is 13.0 Å². The Hall–Kier alpha value is -1.63. The highest BCUT2D eigenvalue weighted by Gasteiger charge is 2.27. The number of amides is 2. The molecule has 0 bridgehead atoms. The van der Waals surface area contributed by atoms with Crippen molar-refractivity contribution >= 4 is 15.9 Å². The SMILES string of the molecule is O=C(NCc1ccccn1)NC[C@H]1CCS(=O)(=O)C1. The molecule has 1 aliphatic rings. The molecule has 1 fully saturated rings. The largest absolute Gasteiger partial charge is 0.338 e. The van der Waals surface area contributed by atoms with E-state index in [1.165, 1.54) is 0 Å². The van der Waals surface area contributed by atoms with Crippen LogP contribution in [0.5, 0.6) is 0 Å². The van der Waals surface area contributed by atoms with E-state index < -0.39 is 9.84 Å². The Morgan fingerprint density at radius 3 is 2.84 bits per heavy atom. The molecule has 0 aliphatic carbocycles. The maximum absolute atomic E-state index is 11.5. The van der Waals surface area contributed by atoms with E-state index in [4.69, 9.17) is 0 Å². The van der Waals surface area contributed by atoms with Gasteiger partial charge in [0.25, 0.3) is 0 Å². The lowest BCUT2D eigenvalue weighted by molar-refractivity contribution is 0.239. The lowest BCUT2D eigenvalue weighted by Crippen LogP contribution is -2.38. The number of nitrogens with zero attached hydrogens (tertiary/aromatic N) is 1. The van der Waals surface area contributed by atoms with E-state index in [0.717, 1.165) is 5.69 Å². The maximum atomic E-state index is 11.5. The van der Waals surface area contributed by atoms with Gasteiger partial charge in [0, 0.05) is 12.7 Å². The Balaban J connectivity index is 1.68. The average Bonchev–Trinajstić information content (AvgIpc) is 2.75. The Morgan fingerprint density at radius 2 is 2.21 bits per heavy atom. The zero-order valence-electron chi connectivity index (χ0n) is 10.5. The van der Waals surface area contributed by atoms with Crippen molar-refractivity contribution in [1.82, 2.24) is 15.6 Å². The molecule has 6 nitrogen and oxygen atoms in total. The Kier molecular flexibility index (Phi) is 4.36. The molecule has 0 unspecified atom stereocenters. The van der Waals surface area contributed by atoms with E-state index in [1.54, 1.807) is 6.20 Å². The monoisotopic (exact) mass is 283 g/mol. The topological polar surface area (TPSA) is 88.2 Å². The van der Waals surface area contributed by atoms with Crippen LogP contribution in [0, 0.1) is 5.92 Å². The van der Waals surface area contributed by atoms with Gasteiger partial charge in [0.1, 0.15) is 0 Å². The molecule has 104 valence electrons. The number of carbonyl (C=O) groups excluding carboxylic acids is 1. The van der Waals surface area contributed by atoms with Gasteiger partial charge in [0.2, 0.25) is 0 Å². The van der Waals surface area contributed by atoms with Gasteiger partial charge in [-0.1, -0.05) is 6.07 Å². The molecule has 1 aromatic rings. The van der Waals surface area contributed by atoms with E-state index in [1.807, 2.05) is 18.2 Å². The van der Waals surface area contributed by atoms with E-state index in [9.17, 15) is 13.2 Å². The van der Waals surface area contributed by atoms with Gasteiger partial charge >= 0.3 is 6.03 Å². The number of sulfone groups is 1. The third-order valence-corrected chi connectivity index (χ3v) is 4.87. The summed E-state index contributed by atoms with van der Waals surface area (Å²) in [4.78, 5) is 15.6. The van der Waals surface area contributed by atoms with Gasteiger partial charge < -0.3 is 10.6 Å². The Morgan fingerprint density at radius 1 is 1.37 bits per heavy atom. The first-order valence-electron chi connectivity index (χ1n) is 6.17. The van der Waals surface area contributed by atoms with Crippen LogP contribution in [0.1, 0.15) is 12.1 Å². The summed E-state index contributed by atoms with van der Waals surface area (Å²) in [5, 5.41) is 5.37. The molecule has 2 N–H and O–H groups in total. The lowest BCUT2D eigenvalue weighted by atomic mass is 10.1. The summed E-state index contributed by atoms with van der Waals surface area (Å²) in [6.07, 6.45) is 2.29. The first kappa shape index (κ1) is 13.8. The first-order chi connectivity index (χ1) is 9.05. The molecule has 7 heteroatoms. The van der Waals surface area contributed by atoms with E-state index in [2.05, 4.69) is 15.6 Å². The van der Waals surface area contributed by atoms with Crippen molar-refractivity contribution in [1.29, 1.82) is 0 Å². The van der Waals surface area contributed by atoms with Crippen molar-refractivity contribution < 1.29 is 13.2 Å². The zero-order chi connectivity index (χ0) is 13.7. The molecular weight excluding hydrogens is 266 g/mol. The summed E-state index contributed by atoms with van der Waals surface area (Å²) in [5.74, 6) is 0.438. The molecule has 0 saturated carbocycles. The fourth-order valence-corrected chi connectivity index (χ4v) is 3.87. The molecule has 1 aliphatic heterocycles. The summed E-state index contributed by atoms with van der Waals surface area (Å²) in [5.41, 5.74) is 0.779. The smallest absolute Gasteiger partial charge is 0.315 e. The van der Waals surface area contributed by atoms with Crippen LogP contribution in [0.25, 0.3) is 0 Å². The molecule has 2 amide bonds. The van der Waals surface area contributed by atoms with Gasteiger partial charge in [-0.25, -0.2) is 13.2 Å². The minimum absolute atomic E-state index is 0.0330. The van der Waals surface area contributed by atoms with Crippen LogP contribution in [0.2, 0.25) is 0 Å². The maximum Gasteiger partial charge on any atom is 0.315 e. The molecule has 0 spiro atoms. The second-order valence-electron chi connectivity index (χ2n) is 4.65. The molecule has 2 heterocycles. The number of carbonyl (C=O) groups is 1. The summed E-state index contributed by atoms with van der Waals surface area (Å²) in [6, 6.07) is 5.19. The van der Waals surface area contributed by atoms with Gasteiger partial charge in [-0.15, -0.1) is 0 Å². The normalized spacial score (nSPS) is 20.9. The number of urea groups is 1. The first-order valence-corrected chi connectivity index (χ1v) is 7.99. The fraction of sp³-hybridized carbons (Fsp3) is 0.500. The van der Waals surface area contributed by atoms with Crippen molar-refractivity contribution in [3.63, 3.8) is 0 Å². The van der Waals surface area contributed by atoms with Gasteiger partial charge in [0.05, 0.1) is 23.7 Å². The summed E-state index contributed by atoms with van der Waals surface area (Å²) in [7, 11) is -2.88. The number of pyridine rings is 1. The molecule has 0 aromatic carbocycles. The van der Waals surface area contributed by atoms with Crippen LogP contribution in [0.4, 0.5) is 4.79 Å². The number of nitrogens with one attached hydrogen (secondary N) is 2. The van der Waals surface area contributed by atoms with Crippen molar-refractivity contribution in [3.05, 3.63) is 30.1 Å². The summed E-state index contributed by atoms with van der Waals surface area (Å²) >= 11 is 0. The highest BCUT2D eigenvalue weighted by molar-refractivity contribution is 7.91. The predicted molar refractivity (Wildman–Crippen MR) is 71.2 cm³/mol. The van der Waals surface area contributed by atoms with Gasteiger partial charge in [-0.2, -0.15) is 0 Å². The number of rotatable bonds is 4. The number of aromatic nitrogens is 1. The predicted octanol–water partition coefficient (Wildman–Crippen LogP) is 0.316. The van der Waals surface area contributed by atoms with E-state index in [-0.39, 0.29) is 23.5 Å². The van der Waals surface area contributed by atoms with Crippen molar-refractivity contribution in [2.75, 3.05) is 18.1 Å². The van der Waals surface area contributed by atoms with Crippen LogP contribution in [-0.4, -0.2) is 37.5 Å². The third-order valence-electron chi connectivity index (χ3n) is 3.03. The highest BCUT2D eigenvalue weighted by atomic mass is 32.2. The number of hydrogen-bond acceptors (Lipinski definition) is 4. The van der Waals surface area contributed by atoms with Crippen LogP contribution in [0.3, 0.4) is 0 Å². The average molecular weight is 283 g/mol. The Bertz CT molecular complexity index is 530. The van der Waals surface area contributed by atoms with Crippen molar-refractivity contribution in [3.8, 4) is 0 Å². The van der Waals surface area contributed by atoms with Crippen LogP contribution >= 0.6 is 0 Å². The Labute approximate surface area is 112 Å². The minimum atomic E-state index is -2.88. The van der Waals surface area contributed by atoms with E-state index >= 15 is 0 Å². The molecular formula is C12H17N3O3S. The van der Waals surface area contributed by atoms with Gasteiger partial charge in [-0.05, 0) is 24.5 Å². The fourth-order valence-electron chi connectivity index (χ4n) is 2.01. The zero-order valence-corrected chi connectivity index (χ0v) is 11.3. The highest BCUT2D eigenvalue weighted by Crippen LogP contribution is 2.17. The summed E-state index contributed by atoms with van der Waals surface area (Å²) < 4.78 is 22.5. The second-order valence-corrected chi connectivity index (χ2v) is 6.88.